The molecule has 0 aliphatic carbocycles. The Morgan fingerprint density at radius 3 is 1.93 bits per heavy atom. The van der Waals surface area contributed by atoms with E-state index in [4.69, 9.17) is 0 Å². The Bertz CT molecular complexity index is 1160. The minimum Gasteiger partial charge on any atom is -0.423 e. The predicted molar refractivity (Wildman–Crippen MR) is 130 cm³/mol. The first-order valence-electron chi connectivity index (χ1n) is 10.0. The highest BCUT2D eigenvalue weighted by molar-refractivity contribution is 6.63. The molecule has 0 unspecified atom stereocenters. The Balaban J connectivity index is 0.00000145. The van der Waals surface area contributed by atoms with Crippen LogP contribution in [0.25, 0.3) is 46.2 Å². The van der Waals surface area contributed by atoms with E-state index < -0.39 is 7.12 Å². The maximum Gasteiger partial charge on any atom is 0.489 e. The van der Waals surface area contributed by atoms with Gasteiger partial charge in [-0.3, -0.25) is 0 Å². The summed E-state index contributed by atoms with van der Waals surface area (Å²) in [6, 6.07) is 14.0. The van der Waals surface area contributed by atoms with Crippen LogP contribution in [0.4, 0.5) is 0 Å². The van der Waals surface area contributed by atoms with E-state index in [1.165, 1.54) is 0 Å². The molecule has 0 bridgehead atoms. The summed E-state index contributed by atoms with van der Waals surface area (Å²) in [6.07, 6.45) is 7.64. The molecule has 0 radical (unpaired) electrons. The van der Waals surface area contributed by atoms with Gasteiger partial charge >= 0.3 is 7.12 Å². The summed E-state index contributed by atoms with van der Waals surface area (Å²) in [5, 5.41) is 24.2. The van der Waals surface area contributed by atoms with E-state index in [-0.39, 0.29) is 0 Å². The van der Waals surface area contributed by atoms with E-state index in [9.17, 15) is 10.0 Å². The molecule has 2 N–H and O–H groups in total. The molecular formula is C26H29BO2. The van der Waals surface area contributed by atoms with Crippen LogP contribution < -0.4 is 15.9 Å². The monoisotopic (exact) mass is 384 g/mol. The Morgan fingerprint density at radius 2 is 1.41 bits per heavy atom. The summed E-state index contributed by atoms with van der Waals surface area (Å²) < 4.78 is 0. The van der Waals surface area contributed by atoms with Gasteiger partial charge in [-0.25, -0.2) is 0 Å². The number of benzene rings is 3. The third-order valence-electron chi connectivity index (χ3n) is 5.01. The van der Waals surface area contributed by atoms with Crippen molar-refractivity contribution in [2.45, 2.75) is 27.7 Å². The Morgan fingerprint density at radius 1 is 0.793 bits per heavy atom. The normalized spacial score (nSPS) is 11.8. The highest BCUT2D eigenvalue weighted by Crippen LogP contribution is 2.33. The third-order valence-corrected chi connectivity index (χ3v) is 5.01. The average Bonchev–Trinajstić information content (AvgIpc) is 2.77. The van der Waals surface area contributed by atoms with Gasteiger partial charge in [-0.2, -0.15) is 0 Å². The molecule has 0 fully saturated rings. The maximum absolute atomic E-state index is 10.1. The minimum atomic E-state index is -1.59. The fourth-order valence-corrected chi connectivity index (χ4v) is 3.88. The van der Waals surface area contributed by atoms with Gasteiger partial charge in [0.25, 0.3) is 0 Å². The molecule has 0 heterocycles. The second-order valence-electron chi connectivity index (χ2n) is 6.33. The van der Waals surface area contributed by atoms with Gasteiger partial charge in [0.05, 0.1) is 0 Å². The van der Waals surface area contributed by atoms with Crippen molar-refractivity contribution in [3.8, 4) is 11.1 Å². The molecule has 0 atom stereocenters. The largest absolute Gasteiger partial charge is 0.489 e. The predicted octanol–water partition coefficient (Wildman–Crippen LogP) is 4.10. The van der Waals surface area contributed by atoms with E-state index in [1.807, 2.05) is 58.0 Å². The molecule has 0 spiro atoms. The highest BCUT2D eigenvalue weighted by Gasteiger charge is 2.24. The second-order valence-corrected chi connectivity index (χ2v) is 6.33. The minimum absolute atomic E-state index is 0.458. The zero-order chi connectivity index (χ0) is 21.6. The summed E-state index contributed by atoms with van der Waals surface area (Å²) in [5.41, 5.74) is 4.11. The van der Waals surface area contributed by atoms with Gasteiger partial charge in [0.1, 0.15) is 0 Å². The van der Waals surface area contributed by atoms with Crippen molar-refractivity contribution < 1.29 is 10.0 Å². The fraction of sp³-hybridized carbons (Fsp3) is 0.154. The lowest BCUT2D eigenvalue weighted by molar-refractivity contribution is 0.426. The summed E-state index contributed by atoms with van der Waals surface area (Å²) in [5.74, 6) is 0. The standard InChI is InChI=1S/C24H23BO2.C2H6/c1-5-16-12-11-15-20(17(16)6-2)23-18(7-3)19(8-4)24(25(26)27)22-14-10-9-13-21(22)23;1-2/h5-15,26-27H,3-4H2,1-2H3;1-2H3/b16-5-,17-6+;. The van der Waals surface area contributed by atoms with Gasteiger partial charge in [0.2, 0.25) is 0 Å². The molecule has 3 heteroatoms. The molecule has 3 aromatic carbocycles. The van der Waals surface area contributed by atoms with Crippen molar-refractivity contribution in [2.75, 3.05) is 0 Å². The van der Waals surface area contributed by atoms with Crippen LogP contribution in [0.1, 0.15) is 38.8 Å². The SMILES string of the molecule is C=Cc1c(C=C)c(-c2cccc(=C/C)/c2=C\C)c2ccccc2c1B(O)O.CC. The number of hydrogen-bond donors (Lipinski definition) is 2. The van der Waals surface area contributed by atoms with Crippen LogP contribution in [0.2, 0.25) is 0 Å². The van der Waals surface area contributed by atoms with Gasteiger partial charge in [-0.15, -0.1) is 0 Å². The number of hydrogen-bond acceptors (Lipinski definition) is 2. The molecule has 0 saturated carbocycles. The Kier molecular flexibility index (Phi) is 7.78. The van der Waals surface area contributed by atoms with E-state index in [1.54, 1.807) is 12.2 Å². The Hall–Kier alpha value is -2.88. The summed E-state index contributed by atoms with van der Waals surface area (Å²) >= 11 is 0. The lowest BCUT2D eigenvalue weighted by Gasteiger charge is -2.20. The van der Waals surface area contributed by atoms with E-state index in [2.05, 4.69) is 37.4 Å². The average molecular weight is 384 g/mol. The molecule has 0 aliphatic heterocycles. The van der Waals surface area contributed by atoms with Crippen molar-refractivity contribution in [3.05, 3.63) is 77.2 Å². The number of rotatable bonds is 4. The topological polar surface area (TPSA) is 40.5 Å². The van der Waals surface area contributed by atoms with E-state index >= 15 is 0 Å². The van der Waals surface area contributed by atoms with Crippen molar-refractivity contribution in [1.82, 2.24) is 0 Å². The van der Waals surface area contributed by atoms with Crippen molar-refractivity contribution in [2.24, 2.45) is 0 Å². The van der Waals surface area contributed by atoms with Crippen molar-refractivity contribution in [3.63, 3.8) is 0 Å². The molecule has 148 valence electrons. The molecule has 3 aromatic rings. The van der Waals surface area contributed by atoms with Gasteiger partial charge in [-0.1, -0.05) is 93.8 Å². The van der Waals surface area contributed by atoms with Crippen LogP contribution in [0.3, 0.4) is 0 Å². The van der Waals surface area contributed by atoms with Crippen LogP contribution >= 0.6 is 0 Å². The van der Waals surface area contributed by atoms with Gasteiger partial charge in [0.15, 0.2) is 0 Å². The quantitative estimate of drug-likeness (QED) is 0.665. The number of fused-ring (bicyclic) bond motifs is 1. The van der Waals surface area contributed by atoms with E-state index in [0.29, 0.717) is 11.0 Å². The third kappa shape index (κ3) is 3.98. The van der Waals surface area contributed by atoms with Crippen LogP contribution in [-0.4, -0.2) is 17.2 Å². The molecule has 0 aromatic heterocycles. The maximum atomic E-state index is 10.1. The van der Waals surface area contributed by atoms with Crippen LogP contribution in [0.15, 0.2) is 55.6 Å². The smallest absolute Gasteiger partial charge is 0.423 e. The van der Waals surface area contributed by atoms with Crippen LogP contribution in [-0.2, 0) is 0 Å². The summed E-state index contributed by atoms with van der Waals surface area (Å²) in [6.45, 7) is 16.0. The molecule has 2 nitrogen and oxygen atoms in total. The van der Waals surface area contributed by atoms with Crippen LogP contribution in [0.5, 0.6) is 0 Å². The van der Waals surface area contributed by atoms with Crippen molar-refractivity contribution in [1.29, 1.82) is 0 Å². The van der Waals surface area contributed by atoms with Gasteiger partial charge in [0, 0.05) is 0 Å². The lowest BCUT2D eigenvalue weighted by atomic mass is 9.70. The second kappa shape index (κ2) is 10.1. The Labute approximate surface area is 174 Å². The van der Waals surface area contributed by atoms with Crippen LogP contribution in [0, 0.1) is 0 Å². The van der Waals surface area contributed by atoms with E-state index in [0.717, 1.165) is 37.9 Å². The van der Waals surface area contributed by atoms with Crippen molar-refractivity contribution >= 4 is 47.7 Å². The molecule has 0 aliphatic rings. The summed E-state index contributed by atoms with van der Waals surface area (Å²) in [7, 11) is -1.59. The lowest BCUT2D eigenvalue weighted by Crippen LogP contribution is -2.34. The zero-order valence-corrected chi connectivity index (χ0v) is 17.7. The molecule has 3 rings (SSSR count). The molecular weight excluding hydrogens is 355 g/mol. The van der Waals surface area contributed by atoms with Gasteiger partial charge in [-0.05, 0) is 62.8 Å². The fourth-order valence-electron chi connectivity index (χ4n) is 3.88. The first kappa shape index (κ1) is 22.4. The highest BCUT2D eigenvalue weighted by atomic mass is 16.4. The molecule has 29 heavy (non-hydrogen) atoms. The molecule has 0 saturated heterocycles. The first-order chi connectivity index (χ1) is 14.1. The summed E-state index contributed by atoms with van der Waals surface area (Å²) in [4.78, 5) is 0. The zero-order valence-electron chi connectivity index (χ0n) is 17.7. The molecule has 0 amide bonds. The van der Waals surface area contributed by atoms with Gasteiger partial charge < -0.3 is 10.0 Å². The first-order valence-corrected chi connectivity index (χ1v) is 10.0.